The molecule has 1 aromatic heterocycles. The van der Waals surface area contributed by atoms with Crippen molar-refractivity contribution in [1.82, 2.24) is 9.97 Å². The van der Waals surface area contributed by atoms with Gasteiger partial charge in [-0.05, 0) is 37.9 Å². The Morgan fingerprint density at radius 3 is 2.32 bits per heavy atom. The zero-order valence-electron chi connectivity index (χ0n) is 16.0. The van der Waals surface area contributed by atoms with E-state index in [9.17, 15) is 9.59 Å². The Hall–Kier alpha value is -2.38. The summed E-state index contributed by atoms with van der Waals surface area (Å²) in [5, 5.41) is -0.147. The van der Waals surface area contributed by atoms with E-state index in [0.717, 1.165) is 10.5 Å². The van der Waals surface area contributed by atoms with Gasteiger partial charge in [0.1, 0.15) is 22.6 Å². The van der Waals surface area contributed by atoms with E-state index >= 15 is 0 Å². The molecule has 0 unspecified atom stereocenters. The fraction of sp³-hybridized carbons (Fsp3) is 0.368. The van der Waals surface area contributed by atoms with Gasteiger partial charge in [0.05, 0.1) is 7.11 Å². The Kier molecular flexibility index (Phi) is 7.21. The predicted molar refractivity (Wildman–Crippen MR) is 107 cm³/mol. The van der Waals surface area contributed by atoms with Gasteiger partial charge in [0.25, 0.3) is 0 Å². The van der Waals surface area contributed by atoms with Gasteiger partial charge in [0, 0.05) is 12.5 Å². The molecule has 2 aromatic rings. The molecule has 0 N–H and O–H groups in total. The van der Waals surface area contributed by atoms with E-state index in [4.69, 9.17) is 32.7 Å². The first-order valence-corrected chi connectivity index (χ1v) is 9.20. The molecule has 0 fully saturated rings. The molecule has 2 rings (SSSR count). The summed E-state index contributed by atoms with van der Waals surface area (Å²) in [5.74, 6) is -0.605. The Morgan fingerprint density at radius 1 is 1.14 bits per heavy atom. The van der Waals surface area contributed by atoms with Crippen molar-refractivity contribution in [3.8, 4) is 0 Å². The van der Waals surface area contributed by atoms with E-state index in [1.165, 1.54) is 13.2 Å². The third kappa shape index (κ3) is 6.07. The zero-order valence-corrected chi connectivity index (χ0v) is 17.5. The van der Waals surface area contributed by atoms with E-state index in [-0.39, 0.29) is 22.7 Å². The maximum Gasteiger partial charge on any atom is 0.416 e. The second kappa shape index (κ2) is 9.21. The molecule has 9 heteroatoms. The van der Waals surface area contributed by atoms with Crippen LogP contribution in [-0.2, 0) is 20.7 Å². The molecule has 0 aliphatic heterocycles. The van der Waals surface area contributed by atoms with Gasteiger partial charge in [-0.2, -0.15) is 4.98 Å². The van der Waals surface area contributed by atoms with Crippen LogP contribution in [0, 0.1) is 0 Å². The Labute approximate surface area is 173 Å². The maximum absolute atomic E-state index is 13.0. The number of esters is 1. The molecule has 7 nitrogen and oxygen atoms in total. The summed E-state index contributed by atoms with van der Waals surface area (Å²) < 4.78 is 10.4. The molecule has 1 amide bonds. The summed E-state index contributed by atoms with van der Waals surface area (Å²) in [6, 6.07) is 9.47. The van der Waals surface area contributed by atoms with Crippen LogP contribution in [0.25, 0.3) is 0 Å². The van der Waals surface area contributed by atoms with E-state index in [1.54, 1.807) is 20.8 Å². The number of methoxy groups -OCH3 is 1. The lowest BCUT2D eigenvalue weighted by molar-refractivity contribution is -0.142. The highest BCUT2D eigenvalue weighted by Gasteiger charge is 2.36. The van der Waals surface area contributed by atoms with Crippen LogP contribution in [0.2, 0.25) is 10.4 Å². The average molecular weight is 426 g/mol. The van der Waals surface area contributed by atoms with Gasteiger partial charge in [0.15, 0.2) is 0 Å². The zero-order chi connectivity index (χ0) is 20.9. The molecule has 0 aliphatic carbocycles. The third-order valence-electron chi connectivity index (χ3n) is 3.55. The van der Waals surface area contributed by atoms with Crippen molar-refractivity contribution in [2.24, 2.45) is 0 Å². The van der Waals surface area contributed by atoms with Crippen molar-refractivity contribution in [3.63, 3.8) is 0 Å². The Morgan fingerprint density at radius 2 is 1.79 bits per heavy atom. The van der Waals surface area contributed by atoms with Crippen LogP contribution in [0.1, 0.15) is 26.3 Å². The van der Waals surface area contributed by atoms with Gasteiger partial charge < -0.3 is 9.47 Å². The molecule has 1 atom stereocenters. The molecule has 0 saturated heterocycles. The van der Waals surface area contributed by atoms with Gasteiger partial charge in [-0.3, -0.25) is 0 Å². The van der Waals surface area contributed by atoms with E-state index in [2.05, 4.69) is 9.97 Å². The van der Waals surface area contributed by atoms with Crippen molar-refractivity contribution in [2.45, 2.75) is 38.8 Å². The van der Waals surface area contributed by atoms with Gasteiger partial charge >= 0.3 is 12.1 Å². The normalized spacial score (nSPS) is 12.2. The summed E-state index contributed by atoms with van der Waals surface area (Å²) >= 11 is 11.9. The Bertz CT molecular complexity index is 821. The summed E-state index contributed by atoms with van der Waals surface area (Å²) in [6.45, 7) is 5.15. The number of benzene rings is 1. The first kappa shape index (κ1) is 21.9. The first-order valence-electron chi connectivity index (χ1n) is 8.45. The first-order chi connectivity index (χ1) is 13.1. The van der Waals surface area contributed by atoms with Crippen LogP contribution in [0.3, 0.4) is 0 Å². The van der Waals surface area contributed by atoms with E-state index < -0.39 is 23.7 Å². The van der Waals surface area contributed by atoms with Crippen molar-refractivity contribution in [2.75, 3.05) is 12.0 Å². The van der Waals surface area contributed by atoms with Crippen molar-refractivity contribution in [3.05, 3.63) is 52.4 Å². The maximum atomic E-state index is 13.0. The monoisotopic (exact) mass is 425 g/mol. The minimum Gasteiger partial charge on any atom is -0.467 e. The van der Waals surface area contributed by atoms with Crippen molar-refractivity contribution < 1.29 is 19.1 Å². The summed E-state index contributed by atoms with van der Waals surface area (Å²) in [7, 11) is 1.24. The number of hydrogen-bond donors (Lipinski definition) is 0. The molecule has 1 aromatic carbocycles. The quantitative estimate of drug-likeness (QED) is 0.403. The van der Waals surface area contributed by atoms with Gasteiger partial charge in [-0.1, -0.05) is 41.9 Å². The number of carbonyl (C=O) groups excluding carboxylic acids is 2. The molecule has 28 heavy (non-hydrogen) atoms. The van der Waals surface area contributed by atoms with Crippen LogP contribution in [0.5, 0.6) is 0 Å². The summed E-state index contributed by atoms with van der Waals surface area (Å²) in [6.07, 6.45) is -0.615. The van der Waals surface area contributed by atoms with Crippen molar-refractivity contribution >= 4 is 41.1 Å². The van der Waals surface area contributed by atoms with Gasteiger partial charge in [-0.25, -0.2) is 19.5 Å². The molecule has 0 spiro atoms. The number of carbonyl (C=O) groups is 2. The molecule has 0 saturated carbocycles. The fourth-order valence-corrected chi connectivity index (χ4v) is 2.85. The summed E-state index contributed by atoms with van der Waals surface area (Å²) in [5.41, 5.74) is 0.0151. The number of ether oxygens (including phenoxy) is 2. The average Bonchev–Trinajstić information content (AvgIpc) is 2.59. The summed E-state index contributed by atoms with van der Waals surface area (Å²) in [4.78, 5) is 34.5. The molecule has 0 aliphatic rings. The topological polar surface area (TPSA) is 81.6 Å². The number of rotatable bonds is 5. The van der Waals surface area contributed by atoms with Crippen LogP contribution in [0.4, 0.5) is 10.6 Å². The van der Waals surface area contributed by atoms with Crippen LogP contribution in [0.15, 0.2) is 36.4 Å². The standard InChI is InChI=1S/C19H21Cl2N3O4/c1-19(2,3)28-18(26)24(15-11-14(20)22-17(21)23-15)13(16(25)27-4)10-12-8-6-5-7-9-12/h5-9,11,13H,10H2,1-4H3/t13-/m0/s1. The van der Waals surface area contributed by atoms with Gasteiger partial charge in [0.2, 0.25) is 5.28 Å². The predicted octanol–water partition coefficient (Wildman–Crippen LogP) is 4.31. The Balaban J connectivity index is 2.54. The molecular formula is C19H21Cl2N3O4. The number of aromatic nitrogens is 2. The van der Waals surface area contributed by atoms with Crippen LogP contribution in [-0.4, -0.2) is 40.8 Å². The molecule has 150 valence electrons. The third-order valence-corrected chi connectivity index (χ3v) is 3.91. The fourth-order valence-electron chi connectivity index (χ4n) is 2.45. The highest BCUT2D eigenvalue weighted by molar-refractivity contribution is 6.32. The molecular weight excluding hydrogens is 405 g/mol. The largest absolute Gasteiger partial charge is 0.467 e. The SMILES string of the molecule is COC(=O)[C@H](Cc1ccccc1)N(C(=O)OC(C)(C)C)c1cc(Cl)nc(Cl)n1. The lowest BCUT2D eigenvalue weighted by atomic mass is 10.0. The minimum absolute atomic E-state index is 0.0203. The number of anilines is 1. The number of halogens is 2. The minimum atomic E-state index is -1.05. The second-order valence-electron chi connectivity index (χ2n) is 6.90. The van der Waals surface area contributed by atoms with Crippen LogP contribution >= 0.6 is 23.2 Å². The van der Waals surface area contributed by atoms with E-state index in [1.807, 2.05) is 30.3 Å². The molecule has 0 radical (unpaired) electrons. The molecule has 0 bridgehead atoms. The van der Waals surface area contributed by atoms with Gasteiger partial charge in [-0.15, -0.1) is 0 Å². The van der Waals surface area contributed by atoms with Crippen LogP contribution < -0.4 is 4.90 Å². The highest BCUT2D eigenvalue weighted by Crippen LogP contribution is 2.25. The lowest BCUT2D eigenvalue weighted by Gasteiger charge is -2.31. The number of hydrogen-bond acceptors (Lipinski definition) is 6. The lowest BCUT2D eigenvalue weighted by Crippen LogP contribution is -2.49. The number of amides is 1. The van der Waals surface area contributed by atoms with E-state index in [0.29, 0.717) is 0 Å². The van der Waals surface area contributed by atoms with Crippen molar-refractivity contribution in [1.29, 1.82) is 0 Å². The molecule has 1 heterocycles. The number of nitrogens with zero attached hydrogens (tertiary/aromatic N) is 3. The smallest absolute Gasteiger partial charge is 0.416 e. The highest BCUT2D eigenvalue weighted by atomic mass is 35.5. The second-order valence-corrected chi connectivity index (χ2v) is 7.62.